The minimum Gasteiger partial charge on any atom is -0.484 e. The van der Waals surface area contributed by atoms with Gasteiger partial charge >= 0.3 is 5.97 Å². The van der Waals surface area contributed by atoms with Gasteiger partial charge in [0.05, 0.1) is 17.2 Å². The molecular formula is C20H21ClN2O6. The van der Waals surface area contributed by atoms with Crippen LogP contribution in [0.4, 0.5) is 0 Å². The Morgan fingerprint density at radius 1 is 0.897 bits per heavy atom. The molecular weight excluding hydrogens is 400 g/mol. The van der Waals surface area contributed by atoms with Crippen molar-refractivity contribution in [3.05, 3.63) is 59.1 Å². The van der Waals surface area contributed by atoms with E-state index in [1.807, 2.05) is 6.92 Å². The number of rotatable bonds is 9. The van der Waals surface area contributed by atoms with Gasteiger partial charge in [-0.05, 0) is 42.8 Å². The van der Waals surface area contributed by atoms with Crippen molar-refractivity contribution in [3.8, 4) is 11.5 Å². The largest absolute Gasteiger partial charge is 0.484 e. The molecule has 0 saturated carbocycles. The molecule has 154 valence electrons. The second-order valence-corrected chi connectivity index (χ2v) is 6.17. The monoisotopic (exact) mass is 420 g/mol. The molecule has 0 aliphatic rings. The second-order valence-electron chi connectivity index (χ2n) is 5.76. The van der Waals surface area contributed by atoms with Crippen LogP contribution in [0.3, 0.4) is 0 Å². The Morgan fingerprint density at radius 3 is 2.14 bits per heavy atom. The lowest BCUT2D eigenvalue weighted by Gasteiger charge is -2.10. The molecule has 0 spiro atoms. The van der Waals surface area contributed by atoms with E-state index in [1.54, 1.807) is 48.5 Å². The average molecular weight is 421 g/mol. The number of esters is 1. The topological polar surface area (TPSA) is 103 Å². The maximum atomic E-state index is 11.8. The fourth-order valence-electron chi connectivity index (χ4n) is 2.03. The number of ether oxygens (including phenoxy) is 3. The number of hydrogen-bond donors (Lipinski definition) is 2. The first-order chi connectivity index (χ1) is 14.0. The van der Waals surface area contributed by atoms with Gasteiger partial charge in [-0.3, -0.25) is 20.4 Å². The van der Waals surface area contributed by atoms with Crippen LogP contribution in [0.25, 0.3) is 0 Å². The van der Waals surface area contributed by atoms with E-state index in [4.69, 9.17) is 25.8 Å². The number of hydrogen-bond acceptors (Lipinski definition) is 6. The Hall–Kier alpha value is -3.26. The second kappa shape index (κ2) is 11.6. The van der Waals surface area contributed by atoms with Crippen molar-refractivity contribution in [1.82, 2.24) is 10.9 Å². The summed E-state index contributed by atoms with van der Waals surface area (Å²) in [6, 6.07) is 12.9. The SMILES string of the molecule is CCCOC(=O)c1ccc(OCC(=O)NNC(=O)COc2ccccc2Cl)cc1. The van der Waals surface area contributed by atoms with Crippen LogP contribution in [-0.2, 0) is 14.3 Å². The quantitative estimate of drug-likeness (QED) is 0.477. The van der Waals surface area contributed by atoms with Crippen LogP contribution in [0, 0.1) is 0 Å². The predicted molar refractivity (Wildman–Crippen MR) is 106 cm³/mol. The molecule has 0 aliphatic heterocycles. The van der Waals surface area contributed by atoms with Gasteiger partial charge in [0.1, 0.15) is 11.5 Å². The van der Waals surface area contributed by atoms with E-state index in [-0.39, 0.29) is 13.2 Å². The van der Waals surface area contributed by atoms with Crippen LogP contribution < -0.4 is 20.3 Å². The Bertz CT molecular complexity index is 841. The average Bonchev–Trinajstić information content (AvgIpc) is 2.74. The molecule has 0 aromatic heterocycles. The van der Waals surface area contributed by atoms with Crippen molar-refractivity contribution >= 4 is 29.4 Å². The normalized spacial score (nSPS) is 10.0. The van der Waals surface area contributed by atoms with E-state index in [2.05, 4.69) is 10.9 Å². The zero-order chi connectivity index (χ0) is 21.1. The molecule has 8 nitrogen and oxygen atoms in total. The molecule has 2 aromatic carbocycles. The summed E-state index contributed by atoms with van der Waals surface area (Å²) in [4.78, 5) is 35.2. The fourth-order valence-corrected chi connectivity index (χ4v) is 2.22. The van der Waals surface area contributed by atoms with Gasteiger partial charge in [0.25, 0.3) is 11.8 Å². The highest BCUT2D eigenvalue weighted by Gasteiger charge is 2.09. The number of halogens is 1. The van der Waals surface area contributed by atoms with Crippen LogP contribution in [0.15, 0.2) is 48.5 Å². The Kier molecular flexibility index (Phi) is 8.78. The van der Waals surface area contributed by atoms with E-state index in [0.29, 0.717) is 28.7 Å². The molecule has 29 heavy (non-hydrogen) atoms. The molecule has 0 radical (unpaired) electrons. The summed E-state index contributed by atoms with van der Waals surface area (Å²) < 4.78 is 15.6. The standard InChI is InChI=1S/C20H21ClN2O6/c1-2-11-27-20(26)14-7-9-15(10-8-14)28-12-18(24)22-23-19(25)13-29-17-6-4-3-5-16(17)21/h3-10H,2,11-13H2,1H3,(H,22,24)(H,23,25). The molecule has 9 heteroatoms. The smallest absolute Gasteiger partial charge is 0.338 e. The number of nitrogens with one attached hydrogen (secondary N) is 2. The van der Waals surface area contributed by atoms with Crippen LogP contribution in [-0.4, -0.2) is 37.6 Å². The molecule has 0 aliphatic carbocycles. The van der Waals surface area contributed by atoms with Gasteiger partial charge < -0.3 is 14.2 Å². The van der Waals surface area contributed by atoms with Crippen molar-refractivity contribution in [1.29, 1.82) is 0 Å². The number of hydrazine groups is 1. The minimum atomic E-state index is -0.567. The summed E-state index contributed by atoms with van der Waals surface area (Å²) in [6.07, 6.45) is 0.741. The number of carbonyl (C=O) groups is 3. The highest BCUT2D eigenvalue weighted by atomic mass is 35.5. The van der Waals surface area contributed by atoms with E-state index in [0.717, 1.165) is 6.42 Å². The van der Waals surface area contributed by atoms with Crippen molar-refractivity contribution in [2.24, 2.45) is 0 Å². The predicted octanol–water partition coefficient (Wildman–Crippen LogP) is 2.51. The summed E-state index contributed by atoms with van der Waals surface area (Å²) in [5.41, 5.74) is 4.80. The van der Waals surface area contributed by atoms with E-state index in [1.165, 1.54) is 0 Å². The number of amides is 2. The van der Waals surface area contributed by atoms with Gasteiger partial charge in [-0.15, -0.1) is 0 Å². The Balaban J connectivity index is 1.68. The number of para-hydroxylation sites is 1. The highest BCUT2D eigenvalue weighted by Crippen LogP contribution is 2.22. The van der Waals surface area contributed by atoms with Gasteiger partial charge in [-0.1, -0.05) is 30.7 Å². The number of carbonyl (C=O) groups excluding carboxylic acids is 3. The first-order valence-electron chi connectivity index (χ1n) is 8.84. The lowest BCUT2D eigenvalue weighted by Crippen LogP contribution is -2.45. The highest BCUT2D eigenvalue weighted by molar-refractivity contribution is 6.32. The molecule has 0 saturated heterocycles. The van der Waals surface area contributed by atoms with Gasteiger partial charge in [-0.2, -0.15) is 0 Å². The first kappa shape index (κ1) is 22.0. The van der Waals surface area contributed by atoms with Gasteiger partial charge in [-0.25, -0.2) is 4.79 Å². The first-order valence-corrected chi connectivity index (χ1v) is 9.22. The van der Waals surface area contributed by atoms with Crippen molar-refractivity contribution in [2.45, 2.75) is 13.3 Å². The molecule has 2 N–H and O–H groups in total. The summed E-state index contributed by atoms with van der Waals surface area (Å²) >= 11 is 5.92. The summed E-state index contributed by atoms with van der Waals surface area (Å²) in [7, 11) is 0. The molecule has 0 unspecified atom stereocenters. The van der Waals surface area contributed by atoms with Crippen molar-refractivity contribution in [2.75, 3.05) is 19.8 Å². The molecule has 0 heterocycles. The lowest BCUT2D eigenvalue weighted by molar-refractivity contribution is -0.131. The van der Waals surface area contributed by atoms with E-state index >= 15 is 0 Å². The maximum absolute atomic E-state index is 11.8. The van der Waals surface area contributed by atoms with Crippen molar-refractivity contribution in [3.63, 3.8) is 0 Å². The van der Waals surface area contributed by atoms with E-state index < -0.39 is 17.8 Å². The van der Waals surface area contributed by atoms with Gasteiger partial charge in [0.15, 0.2) is 13.2 Å². The third-order valence-corrected chi connectivity index (χ3v) is 3.75. The third-order valence-electron chi connectivity index (χ3n) is 3.43. The van der Waals surface area contributed by atoms with Crippen LogP contribution in [0.2, 0.25) is 5.02 Å². The summed E-state index contributed by atoms with van der Waals surface area (Å²) in [6.45, 7) is 1.61. The van der Waals surface area contributed by atoms with Gasteiger partial charge in [0, 0.05) is 0 Å². The van der Waals surface area contributed by atoms with Gasteiger partial charge in [0.2, 0.25) is 0 Å². The molecule has 0 bridgehead atoms. The fraction of sp³-hybridized carbons (Fsp3) is 0.250. The van der Waals surface area contributed by atoms with Crippen LogP contribution >= 0.6 is 11.6 Å². The zero-order valence-corrected chi connectivity index (χ0v) is 16.5. The molecule has 0 fully saturated rings. The Morgan fingerprint density at radius 2 is 1.52 bits per heavy atom. The summed E-state index contributed by atoms with van der Waals surface area (Å²) in [5, 5.41) is 0.377. The van der Waals surface area contributed by atoms with Crippen molar-refractivity contribution < 1.29 is 28.6 Å². The third kappa shape index (κ3) is 7.71. The van der Waals surface area contributed by atoms with E-state index in [9.17, 15) is 14.4 Å². The molecule has 0 atom stereocenters. The summed E-state index contributed by atoms with van der Waals surface area (Å²) in [5.74, 6) is -0.796. The molecule has 2 rings (SSSR count). The molecule has 2 amide bonds. The Labute approximate surface area is 173 Å². The maximum Gasteiger partial charge on any atom is 0.338 e. The molecule has 2 aromatic rings. The lowest BCUT2D eigenvalue weighted by atomic mass is 10.2. The minimum absolute atomic E-state index is 0.319. The zero-order valence-electron chi connectivity index (χ0n) is 15.8. The van der Waals surface area contributed by atoms with Crippen LogP contribution in [0.5, 0.6) is 11.5 Å². The number of benzene rings is 2. The van der Waals surface area contributed by atoms with Crippen LogP contribution in [0.1, 0.15) is 23.7 Å².